The minimum Gasteiger partial charge on any atom is -0.475 e. The van der Waals surface area contributed by atoms with Gasteiger partial charge in [-0.15, -0.1) is 12.4 Å². The number of hydrogen-bond donors (Lipinski definition) is 4. The average molecular weight is 989 g/mol. The Kier molecular flexibility index (Phi) is 17.4. The van der Waals surface area contributed by atoms with E-state index in [1.807, 2.05) is 91.8 Å². The number of aryl methyl sites for hydroxylation is 3. The number of amides is 2. The number of benzene rings is 2. The molecule has 2 aliphatic carbocycles. The lowest BCUT2D eigenvalue weighted by atomic mass is 9.96. The second-order valence-electron chi connectivity index (χ2n) is 18.7. The van der Waals surface area contributed by atoms with Gasteiger partial charge in [-0.05, 0) is 96.6 Å². The molecular weight excluding hydrogens is 933 g/mol. The van der Waals surface area contributed by atoms with E-state index in [2.05, 4.69) is 46.9 Å². The van der Waals surface area contributed by atoms with Gasteiger partial charge in [0.2, 0.25) is 35.2 Å². The van der Waals surface area contributed by atoms with Crippen LogP contribution in [0, 0.1) is 25.7 Å². The third-order valence-corrected chi connectivity index (χ3v) is 11.4. The predicted molar refractivity (Wildman–Crippen MR) is 262 cm³/mol. The Labute approximate surface area is 411 Å². The highest BCUT2D eigenvalue weighted by Crippen LogP contribution is 2.35. The molecule has 0 atom stereocenters. The Morgan fingerprint density at radius 3 is 1.49 bits per heavy atom. The van der Waals surface area contributed by atoms with Crippen LogP contribution in [0.2, 0.25) is 10.0 Å². The van der Waals surface area contributed by atoms with E-state index in [9.17, 15) is 19.2 Å². The first-order chi connectivity index (χ1) is 31.6. The van der Waals surface area contributed by atoms with Crippen LogP contribution in [0.25, 0.3) is 22.3 Å². The van der Waals surface area contributed by atoms with Gasteiger partial charge in [-0.2, -0.15) is 9.97 Å². The molecule has 4 aromatic heterocycles. The Balaban J connectivity index is 0.000000212. The number of halogens is 3. The van der Waals surface area contributed by atoms with Crippen molar-refractivity contribution in [1.82, 2.24) is 30.2 Å². The number of carboxylic acids is 1. The molecule has 6 aromatic rings. The van der Waals surface area contributed by atoms with Crippen molar-refractivity contribution in [2.75, 3.05) is 10.6 Å². The third kappa shape index (κ3) is 14.2. The fraction of sp³-hybridized carbons (Fsp3) is 0.388. The van der Waals surface area contributed by atoms with E-state index in [1.54, 1.807) is 18.5 Å². The maximum Gasteiger partial charge on any atom is 0.377 e. The highest BCUT2D eigenvalue weighted by molar-refractivity contribution is 6.33. The molecule has 0 unspecified atom stereocenters. The van der Waals surface area contributed by atoms with E-state index in [0.717, 1.165) is 70.2 Å². The van der Waals surface area contributed by atoms with E-state index in [1.165, 1.54) is 0 Å². The second kappa shape index (κ2) is 22.4. The number of rotatable bonds is 12. The van der Waals surface area contributed by atoms with Crippen molar-refractivity contribution in [1.29, 1.82) is 0 Å². The molecule has 360 valence electrons. The van der Waals surface area contributed by atoms with E-state index in [-0.39, 0.29) is 70.7 Å². The zero-order valence-electron chi connectivity index (χ0n) is 39.2. The summed E-state index contributed by atoms with van der Waals surface area (Å²) in [5, 5.41) is 22.4. The van der Waals surface area contributed by atoms with Gasteiger partial charge in [0.05, 0.1) is 10.0 Å². The topological polar surface area (TPSA) is 242 Å². The number of pyridine rings is 2. The normalized spacial score (nSPS) is 13.2. The van der Waals surface area contributed by atoms with Crippen LogP contribution in [0.5, 0.6) is 0 Å². The number of hydrogen-bond acceptors (Lipinski definition) is 13. The monoisotopic (exact) mass is 987 g/mol. The largest absolute Gasteiger partial charge is 0.475 e. The number of Topliss-reactive ketones (excluding diaryl/α,β-unsaturated/α-hetero) is 1. The van der Waals surface area contributed by atoms with Crippen LogP contribution in [0.1, 0.15) is 129 Å². The van der Waals surface area contributed by atoms with Gasteiger partial charge in [-0.25, -0.2) is 14.8 Å². The van der Waals surface area contributed by atoms with Crippen molar-refractivity contribution in [2.45, 2.75) is 111 Å². The lowest BCUT2D eigenvalue weighted by Gasteiger charge is -2.11. The summed E-state index contributed by atoms with van der Waals surface area (Å²) in [6.45, 7) is 16.0. The van der Waals surface area contributed by atoms with Gasteiger partial charge in [0, 0.05) is 59.2 Å². The maximum absolute atomic E-state index is 12.5. The smallest absolute Gasteiger partial charge is 0.377 e. The second-order valence-corrected chi connectivity index (χ2v) is 19.5. The fourth-order valence-corrected chi connectivity index (χ4v) is 6.88. The number of anilines is 2. The van der Waals surface area contributed by atoms with Crippen LogP contribution in [-0.4, -0.2) is 58.9 Å². The number of ketones is 1. The van der Waals surface area contributed by atoms with Gasteiger partial charge in [0.25, 0.3) is 5.82 Å². The molecule has 2 aromatic carbocycles. The number of aromatic nitrogens is 6. The first kappa shape index (κ1) is 52.9. The minimum absolute atomic E-state index is 0. The summed E-state index contributed by atoms with van der Waals surface area (Å²) in [5.41, 5.74) is 13.0. The van der Waals surface area contributed by atoms with Crippen LogP contribution in [0.4, 0.5) is 11.6 Å². The molecule has 2 aliphatic rings. The van der Waals surface area contributed by atoms with Crippen molar-refractivity contribution >= 4 is 70.8 Å². The van der Waals surface area contributed by atoms with Crippen LogP contribution >= 0.6 is 35.6 Å². The summed E-state index contributed by atoms with van der Waals surface area (Å²) in [6, 6.07) is 15.6. The molecule has 68 heavy (non-hydrogen) atoms. The minimum atomic E-state index is -1.17. The number of nitrogens with one attached hydrogen (secondary N) is 2. The molecule has 2 saturated carbocycles. The van der Waals surface area contributed by atoms with Crippen molar-refractivity contribution in [3.63, 3.8) is 0 Å². The number of aromatic carboxylic acids is 1. The average Bonchev–Trinajstić information content (AvgIpc) is 4.20. The van der Waals surface area contributed by atoms with Crippen molar-refractivity contribution in [3.8, 4) is 22.3 Å². The van der Waals surface area contributed by atoms with Crippen LogP contribution < -0.4 is 16.4 Å². The molecule has 19 heteroatoms. The summed E-state index contributed by atoms with van der Waals surface area (Å²) in [4.78, 5) is 63.2. The van der Waals surface area contributed by atoms with Crippen LogP contribution in [0.15, 0.2) is 70.0 Å². The highest BCUT2D eigenvalue weighted by Gasteiger charge is 2.31. The number of carbonyl (C=O) groups is 4. The molecular formula is C49H56Cl3N9O7. The summed E-state index contributed by atoms with van der Waals surface area (Å²) in [7, 11) is 0. The van der Waals surface area contributed by atoms with Crippen LogP contribution in [-0.2, 0) is 33.4 Å². The lowest BCUT2D eigenvalue weighted by Crippen LogP contribution is -2.14. The van der Waals surface area contributed by atoms with Crippen molar-refractivity contribution in [3.05, 3.63) is 117 Å². The molecule has 2 fully saturated rings. The zero-order chi connectivity index (χ0) is 48.8. The van der Waals surface area contributed by atoms with Gasteiger partial charge in [0.15, 0.2) is 0 Å². The molecule has 0 radical (unpaired) electrons. The van der Waals surface area contributed by atoms with E-state index < -0.39 is 5.97 Å². The Morgan fingerprint density at radius 2 is 1.12 bits per heavy atom. The van der Waals surface area contributed by atoms with Gasteiger partial charge in [-0.3, -0.25) is 14.4 Å². The van der Waals surface area contributed by atoms with Gasteiger partial charge < -0.3 is 30.5 Å². The number of nitrogens with two attached hydrogens (primary N) is 1. The molecule has 0 bridgehead atoms. The zero-order valence-corrected chi connectivity index (χ0v) is 41.5. The molecule has 5 N–H and O–H groups in total. The fourth-order valence-electron chi connectivity index (χ4n) is 6.46. The number of nitrogens with zero attached hydrogens (tertiary/aromatic N) is 6. The molecule has 2 amide bonds. The van der Waals surface area contributed by atoms with Crippen LogP contribution in [0.3, 0.4) is 0 Å². The standard InChI is InChI=1S/C25H27ClN4O3.C17H18ClN3O.C7H10N2O3.ClH/c1-14-11-17(18-12-21(27-13-19(18)26)28-23(32)16-6-7-16)8-5-15(14)9-10-20(31)22-29-24(33-30-22)25(2,3)4;1-10-6-12(4-5-13(10)8-19)14-7-16(20-9-15(14)18)21-17(22)11-2-3-11;1-7(2,3)6-8-4(5(10)11)9-12-6;/h5,8,11-13,16H,6-7,9-10H2,1-4H3,(H,27,28,32);4-7,9,11H,2-3,8,19H2,1H3,(H,20,21,22);1-3H3,(H,10,11);1H. The van der Waals surface area contributed by atoms with E-state index in [0.29, 0.717) is 46.4 Å². The van der Waals surface area contributed by atoms with Gasteiger partial charge in [0.1, 0.15) is 11.6 Å². The number of carboxylic acid groups (broad SMARTS) is 1. The summed E-state index contributed by atoms with van der Waals surface area (Å²) >= 11 is 12.7. The molecule has 16 nitrogen and oxygen atoms in total. The summed E-state index contributed by atoms with van der Waals surface area (Å²) < 4.78 is 9.97. The molecule has 0 aliphatic heterocycles. The molecule has 0 spiro atoms. The Morgan fingerprint density at radius 1 is 0.691 bits per heavy atom. The van der Waals surface area contributed by atoms with E-state index >= 15 is 0 Å². The predicted octanol–water partition coefficient (Wildman–Crippen LogP) is 10.6. The van der Waals surface area contributed by atoms with Gasteiger partial charge in [-0.1, -0.05) is 106 Å². The molecule has 8 rings (SSSR count). The Bertz CT molecular complexity index is 2790. The van der Waals surface area contributed by atoms with Crippen molar-refractivity contribution in [2.24, 2.45) is 17.6 Å². The molecule has 0 saturated heterocycles. The maximum atomic E-state index is 12.5. The third-order valence-electron chi connectivity index (χ3n) is 10.8. The van der Waals surface area contributed by atoms with Crippen molar-refractivity contribution < 1.29 is 33.3 Å². The van der Waals surface area contributed by atoms with E-state index in [4.69, 9.17) is 43.1 Å². The lowest BCUT2D eigenvalue weighted by molar-refractivity contribution is -0.118. The first-order valence-electron chi connectivity index (χ1n) is 21.9. The summed E-state index contributed by atoms with van der Waals surface area (Å²) in [6.07, 6.45) is 7.77. The Hall–Kier alpha value is -6.07. The number of carbonyl (C=O) groups excluding carboxylic acids is 3. The van der Waals surface area contributed by atoms with Gasteiger partial charge >= 0.3 is 5.97 Å². The first-order valence-corrected chi connectivity index (χ1v) is 22.6. The highest BCUT2D eigenvalue weighted by atomic mass is 35.5. The SMILES string of the molecule is CC(C)(C)c1nc(C(=O)O)no1.Cc1cc(-c2cc(NC(=O)C3CC3)ncc2Cl)ccc1CCC(=O)c1noc(C(C)(C)C)n1.Cc1cc(-c2cc(NC(=O)C3CC3)ncc2Cl)ccc1CN.Cl. The molecule has 4 heterocycles. The quantitative estimate of drug-likeness (QED) is 0.0834. The summed E-state index contributed by atoms with van der Waals surface area (Å²) in [5.74, 6) is 0.616.